The minimum Gasteiger partial charge on any atom is -0.506 e. The molecule has 0 aliphatic carbocycles. The highest BCUT2D eigenvalue weighted by Crippen LogP contribution is 2.32. The number of benzene rings is 1. The zero-order chi connectivity index (χ0) is 10.9. The zero-order valence-electron chi connectivity index (χ0n) is 6.87. The maximum Gasteiger partial charge on any atom is 0.325 e. The second-order valence-electron chi connectivity index (χ2n) is 2.61. The van der Waals surface area contributed by atoms with Gasteiger partial charge in [0, 0.05) is 0 Å². The second-order valence-corrected chi connectivity index (χ2v) is 3.01. The number of carboxylic acid groups (broad SMARTS) is 1. The van der Waals surface area contributed by atoms with Gasteiger partial charge in [-0.3, -0.25) is 4.79 Å². The molecule has 0 amide bonds. The highest BCUT2D eigenvalue weighted by molar-refractivity contribution is 6.32. The number of aromatic hydroxyl groups is 1. The van der Waals surface area contributed by atoms with E-state index in [9.17, 15) is 14.3 Å². The number of carboxylic acids is 1. The summed E-state index contributed by atoms with van der Waals surface area (Å²) in [6.07, 6.45) is 0. The molecule has 1 atom stereocenters. The quantitative estimate of drug-likeness (QED) is 0.699. The standard InChI is InChI=1S/C8H7ClFNO3/c9-3-1-2-4(10)5(7(3)12)6(11)8(13)14/h1-2,6,12H,11H2,(H,13,14)/t6-/m0/s1. The molecule has 1 aromatic rings. The SMILES string of the molecule is N[C@H](C(=O)O)c1c(F)ccc(Cl)c1O. The number of rotatable bonds is 2. The Labute approximate surface area is 83.7 Å². The van der Waals surface area contributed by atoms with Gasteiger partial charge in [-0.25, -0.2) is 4.39 Å². The first-order chi connectivity index (χ1) is 6.45. The van der Waals surface area contributed by atoms with Crippen LogP contribution in [0, 0.1) is 5.82 Å². The third kappa shape index (κ3) is 1.78. The molecule has 0 aliphatic heterocycles. The van der Waals surface area contributed by atoms with Crippen LogP contribution in [0.5, 0.6) is 5.75 Å². The van der Waals surface area contributed by atoms with Gasteiger partial charge in [0.15, 0.2) is 0 Å². The van der Waals surface area contributed by atoms with Crippen LogP contribution in [0.1, 0.15) is 11.6 Å². The number of aliphatic carboxylic acids is 1. The molecule has 0 bridgehead atoms. The highest BCUT2D eigenvalue weighted by Gasteiger charge is 2.23. The van der Waals surface area contributed by atoms with E-state index in [4.69, 9.17) is 22.4 Å². The van der Waals surface area contributed by atoms with Crippen molar-refractivity contribution in [3.05, 3.63) is 28.5 Å². The third-order valence-electron chi connectivity index (χ3n) is 1.69. The van der Waals surface area contributed by atoms with Crippen LogP contribution in [0.2, 0.25) is 5.02 Å². The lowest BCUT2D eigenvalue weighted by atomic mass is 10.1. The molecule has 14 heavy (non-hydrogen) atoms. The molecule has 1 aromatic carbocycles. The maximum absolute atomic E-state index is 13.1. The predicted molar refractivity (Wildman–Crippen MR) is 47.6 cm³/mol. The van der Waals surface area contributed by atoms with Crippen LogP contribution in [-0.4, -0.2) is 16.2 Å². The molecule has 0 saturated heterocycles. The van der Waals surface area contributed by atoms with E-state index in [0.29, 0.717) is 0 Å². The normalized spacial score (nSPS) is 12.5. The van der Waals surface area contributed by atoms with Gasteiger partial charge in [-0.05, 0) is 12.1 Å². The van der Waals surface area contributed by atoms with Gasteiger partial charge < -0.3 is 15.9 Å². The Balaban J connectivity index is 3.32. The Kier molecular flexibility index (Phi) is 2.93. The van der Waals surface area contributed by atoms with Gasteiger partial charge in [0.25, 0.3) is 0 Å². The highest BCUT2D eigenvalue weighted by atomic mass is 35.5. The summed E-state index contributed by atoms with van der Waals surface area (Å²) in [5.74, 6) is -2.98. The number of carbonyl (C=O) groups is 1. The van der Waals surface area contributed by atoms with Crippen molar-refractivity contribution in [1.82, 2.24) is 0 Å². The van der Waals surface area contributed by atoms with Gasteiger partial charge in [0.05, 0.1) is 10.6 Å². The molecule has 4 N–H and O–H groups in total. The molecular formula is C8H7ClFNO3. The predicted octanol–water partition coefficient (Wildman–Crippen LogP) is 1.27. The van der Waals surface area contributed by atoms with E-state index in [2.05, 4.69) is 0 Å². The van der Waals surface area contributed by atoms with E-state index >= 15 is 0 Å². The summed E-state index contributed by atoms with van der Waals surface area (Å²) in [6, 6.07) is 0.429. The fraction of sp³-hybridized carbons (Fsp3) is 0.125. The second kappa shape index (κ2) is 3.81. The summed E-state index contributed by atoms with van der Waals surface area (Å²) >= 11 is 5.47. The molecule has 0 radical (unpaired) electrons. The smallest absolute Gasteiger partial charge is 0.325 e. The molecule has 0 fully saturated rings. The number of nitrogens with two attached hydrogens (primary N) is 1. The summed E-state index contributed by atoms with van der Waals surface area (Å²) in [6.45, 7) is 0. The summed E-state index contributed by atoms with van der Waals surface area (Å²) in [5, 5.41) is 17.7. The Bertz CT molecular complexity index is 383. The molecule has 4 nitrogen and oxygen atoms in total. The molecule has 1 rings (SSSR count). The van der Waals surface area contributed by atoms with Crippen molar-refractivity contribution in [2.24, 2.45) is 5.73 Å². The molecule has 0 spiro atoms. The van der Waals surface area contributed by atoms with Gasteiger partial charge in [-0.15, -0.1) is 0 Å². The fourth-order valence-corrected chi connectivity index (χ4v) is 1.14. The lowest BCUT2D eigenvalue weighted by Crippen LogP contribution is -2.22. The van der Waals surface area contributed by atoms with Crippen molar-refractivity contribution in [2.75, 3.05) is 0 Å². The van der Waals surface area contributed by atoms with Crippen molar-refractivity contribution >= 4 is 17.6 Å². The Hall–Kier alpha value is -1.33. The maximum atomic E-state index is 13.1. The van der Waals surface area contributed by atoms with E-state index < -0.39 is 29.1 Å². The average Bonchev–Trinajstić information content (AvgIpc) is 2.12. The van der Waals surface area contributed by atoms with Crippen molar-refractivity contribution < 1.29 is 19.4 Å². The first kappa shape index (κ1) is 10.7. The van der Waals surface area contributed by atoms with E-state index in [0.717, 1.165) is 12.1 Å². The lowest BCUT2D eigenvalue weighted by Gasteiger charge is -2.10. The molecule has 76 valence electrons. The van der Waals surface area contributed by atoms with Crippen molar-refractivity contribution in [3.63, 3.8) is 0 Å². The Morgan fingerprint density at radius 2 is 2.14 bits per heavy atom. The minimum atomic E-state index is -1.63. The monoisotopic (exact) mass is 219 g/mol. The van der Waals surface area contributed by atoms with Gasteiger partial charge in [0.1, 0.15) is 17.6 Å². The third-order valence-corrected chi connectivity index (χ3v) is 2.00. The molecule has 0 aliphatic rings. The van der Waals surface area contributed by atoms with Crippen molar-refractivity contribution in [1.29, 1.82) is 0 Å². The van der Waals surface area contributed by atoms with Crippen LogP contribution in [0.4, 0.5) is 4.39 Å². The number of hydrogen-bond acceptors (Lipinski definition) is 3. The van der Waals surface area contributed by atoms with Crippen LogP contribution < -0.4 is 5.73 Å². The zero-order valence-corrected chi connectivity index (χ0v) is 7.62. The number of halogens is 2. The molecule has 0 saturated carbocycles. The van der Waals surface area contributed by atoms with Gasteiger partial charge in [-0.1, -0.05) is 11.6 Å². The lowest BCUT2D eigenvalue weighted by molar-refractivity contribution is -0.138. The Morgan fingerprint density at radius 3 is 2.64 bits per heavy atom. The summed E-state index contributed by atoms with van der Waals surface area (Å²) < 4.78 is 13.1. The summed E-state index contributed by atoms with van der Waals surface area (Å²) in [4.78, 5) is 10.5. The number of phenols is 1. The van der Waals surface area contributed by atoms with Crippen molar-refractivity contribution in [3.8, 4) is 5.75 Å². The van der Waals surface area contributed by atoms with Crippen LogP contribution in [0.25, 0.3) is 0 Å². The summed E-state index contributed by atoms with van der Waals surface area (Å²) in [5.41, 5.74) is 4.64. The largest absolute Gasteiger partial charge is 0.506 e. The van der Waals surface area contributed by atoms with Crippen LogP contribution in [0.15, 0.2) is 12.1 Å². The van der Waals surface area contributed by atoms with Crippen LogP contribution in [0.3, 0.4) is 0 Å². The molecular weight excluding hydrogens is 213 g/mol. The topological polar surface area (TPSA) is 83.6 Å². The fourth-order valence-electron chi connectivity index (χ4n) is 0.976. The first-order valence-corrected chi connectivity index (χ1v) is 3.98. The van der Waals surface area contributed by atoms with Gasteiger partial charge in [-0.2, -0.15) is 0 Å². The van der Waals surface area contributed by atoms with Gasteiger partial charge in [0.2, 0.25) is 0 Å². The van der Waals surface area contributed by atoms with Gasteiger partial charge >= 0.3 is 5.97 Å². The average molecular weight is 220 g/mol. The van der Waals surface area contributed by atoms with E-state index in [1.54, 1.807) is 0 Å². The van der Waals surface area contributed by atoms with Crippen LogP contribution >= 0.6 is 11.6 Å². The van der Waals surface area contributed by atoms with E-state index in [-0.39, 0.29) is 5.02 Å². The van der Waals surface area contributed by atoms with Crippen molar-refractivity contribution in [2.45, 2.75) is 6.04 Å². The molecule has 6 heteroatoms. The van der Waals surface area contributed by atoms with Crippen LogP contribution in [-0.2, 0) is 4.79 Å². The van der Waals surface area contributed by atoms with E-state index in [1.807, 2.05) is 0 Å². The minimum absolute atomic E-state index is 0.141. The van der Waals surface area contributed by atoms with E-state index in [1.165, 1.54) is 0 Å². The molecule has 0 unspecified atom stereocenters. The molecule has 0 aromatic heterocycles. The molecule has 0 heterocycles. The number of hydrogen-bond donors (Lipinski definition) is 3. The Morgan fingerprint density at radius 1 is 1.57 bits per heavy atom. The first-order valence-electron chi connectivity index (χ1n) is 3.60. The summed E-state index contributed by atoms with van der Waals surface area (Å²) in [7, 11) is 0. The number of phenolic OH excluding ortho intramolecular Hbond substituents is 1.